The van der Waals surface area contributed by atoms with Crippen molar-refractivity contribution in [2.45, 2.75) is 20.3 Å². The number of rotatable bonds is 7. The first-order chi connectivity index (χ1) is 12.1. The van der Waals surface area contributed by atoms with Crippen LogP contribution in [-0.4, -0.2) is 29.0 Å². The molecule has 2 aromatic heterocycles. The monoisotopic (exact) mass is 336 g/mol. The molecule has 0 aliphatic heterocycles. The Morgan fingerprint density at radius 3 is 2.92 bits per heavy atom. The van der Waals surface area contributed by atoms with E-state index in [2.05, 4.69) is 58.8 Å². The molecule has 0 saturated heterocycles. The zero-order valence-corrected chi connectivity index (χ0v) is 14.7. The van der Waals surface area contributed by atoms with Crippen LogP contribution in [0.5, 0.6) is 0 Å². The Bertz CT molecular complexity index is 854. The number of nitrogens with one attached hydrogen (secondary N) is 3. The summed E-state index contributed by atoms with van der Waals surface area (Å²) in [4.78, 5) is 19.6. The van der Waals surface area contributed by atoms with Crippen LogP contribution >= 0.6 is 0 Å². The fourth-order valence-electron chi connectivity index (χ4n) is 2.74. The van der Waals surface area contributed by atoms with Gasteiger partial charge in [0.05, 0.1) is 11.3 Å². The van der Waals surface area contributed by atoms with Crippen molar-refractivity contribution in [3.05, 3.63) is 60.0 Å². The summed E-state index contributed by atoms with van der Waals surface area (Å²) in [7, 11) is 0. The number of hydrogen-bond acceptors (Lipinski definition) is 3. The van der Waals surface area contributed by atoms with Crippen molar-refractivity contribution in [2.75, 3.05) is 18.4 Å². The minimum absolute atomic E-state index is 0.0820. The van der Waals surface area contributed by atoms with E-state index in [-0.39, 0.29) is 5.91 Å². The second kappa shape index (κ2) is 7.83. The average molecular weight is 336 g/mol. The highest BCUT2D eigenvalue weighted by Crippen LogP contribution is 2.18. The number of para-hydroxylation sites is 1. The van der Waals surface area contributed by atoms with Crippen molar-refractivity contribution < 1.29 is 4.79 Å². The molecule has 1 aromatic carbocycles. The summed E-state index contributed by atoms with van der Waals surface area (Å²) >= 11 is 0. The maximum absolute atomic E-state index is 12.1. The van der Waals surface area contributed by atoms with Gasteiger partial charge >= 0.3 is 0 Å². The van der Waals surface area contributed by atoms with E-state index in [0.29, 0.717) is 18.0 Å². The fourth-order valence-corrected chi connectivity index (χ4v) is 2.74. The van der Waals surface area contributed by atoms with Gasteiger partial charge in [0, 0.05) is 42.6 Å². The van der Waals surface area contributed by atoms with E-state index < -0.39 is 0 Å². The Labute approximate surface area is 147 Å². The molecule has 0 saturated carbocycles. The molecule has 3 rings (SSSR count). The highest BCUT2D eigenvalue weighted by atomic mass is 16.1. The summed E-state index contributed by atoms with van der Waals surface area (Å²) < 4.78 is 0. The van der Waals surface area contributed by atoms with Gasteiger partial charge in [-0.3, -0.25) is 9.78 Å². The molecule has 0 radical (unpaired) electrons. The van der Waals surface area contributed by atoms with Crippen molar-refractivity contribution in [3.63, 3.8) is 0 Å². The predicted octanol–water partition coefficient (Wildman–Crippen LogP) is 3.60. The Balaban J connectivity index is 1.58. The quantitative estimate of drug-likeness (QED) is 0.617. The van der Waals surface area contributed by atoms with Gasteiger partial charge in [-0.2, -0.15) is 0 Å². The summed E-state index contributed by atoms with van der Waals surface area (Å²) in [6.07, 6.45) is 6.29. The van der Waals surface area contributed by atoms with Crippen molar-refractivity contribution >= 4 is 22.5 Å². The smallest absolute Gasteiger partial charge is 0.252 e. The van der Waals surface area contributed by atoms with Gasteiger partial charge in [0.15, 0.2) is 0 Å². The van der Waals surface area contributed by atoms with Gasteiger partial charge in [-0.15, -0.1) is 0 Å². The molecule has 0 aliphatic carbocycles. The number of anilines is 1. The van der Waals surface area contributed by atoms with Crippen LogP contribution in [0, 0.1) is 5.92 Å². The zero-order chi connectivity index (χ0) is 17.6. The number of H-pyrrole nitrogens is 1. The van der Waals surface area contributed by atoms with E-state index in [1.165, 1.54) is 10.9 Å². The third kappa shape index (κ3) is 4.38. The largest absolute Gasteiger partial charge is 0.383 e. The number of aromatic nitrogens is 2. The lowest BCUT2D eigenvalue weighted by Gasteiger charge is -2.09. The van der Waals surface area contributed by atoms with Gasteiger partial charge in [-0.25, -0.2) is 0 Å². The Morgan fingerprint density at radius 2 is 2.08 bits per heavy atom. The number of amides is 1. The molecule has 130 valence electrons. The Morgan fingerprint density at radius 1 is 1.24 bits per heavy atom. The number of aromatic amines is 1. The van der Waals surface area contributed by atoms with Crippen LogP contribution in [0.25, 0.3) is 10.9 Å². The molecule has 0 unspecified atom stereocenters. The van der Waals surface area contributed by atoms with Gasteiger partial charge in [-0.05, 0) is 30.0 Å². The fraction of sp³-hybridized carbons (Fsp3) is 0.300. The molecule has 0 atom stereocenters. The highest BCUT2D eigenvalue weighted by Gasteiger charge is 2.08. The lowest BCUT2D eigenvalue weighted by Crippen LogP contribution is -2.27. The van der Waals surface area contributed by atoms with Crippen LogP contribution in [0.3, 0.4) is 0 Å². The molecule has 3 N–H and O–H groups in total. The van der Waals surface area contributed by atoms with Crippen LogP contribution in [0.2, 0.25) is 0 Å². The van der Waals surface area contributed by atoms with E-state index in [1.54, 1.807) is 12.4 Å². The summed E-state index contributed by atoms with van der Waals surface area (Å²) in [6, 6.07) is 10.1. The Kier molecular flexibility index (Phi) is 5.33. The van der Waals surface area contributed by atoms with E-state index in [9.17, 15) is 4.79 Å². The molecular weight excluding hydrogens is 312 g/mol. The van der Waals surface area contributed by atoms with Gasteiger partial charge in [0.2, 0.25) is 0 Å². The molecule has 1 amide bonds. The molecule has 3 aromatic rings. The molecule has 0 bridgehead atoms. The molecule has 5 heteroatoms. The zero-order valence-electron chi connectivity index (χ0n) is 14.7. The standard InChI is InChI=1S/C20H24N4O/c1-14(2)10-24-20(25)16-9-17(13-21-11-16)22-8-7-15-12-23-19-6-4-3-5-18(15)19/h3-6,9,11-14,22-23H,7-8,10H2,1-2H3,(H,24,25). The lowest BCUT2D eigenvalue weighted by molar-refractivity contribution is 0.0948. The second-order valence-corrected chi connectivity index (χ2v) is 6.60. The number of carbonyl (C=O) groups is 1. The van der Waals surface area contributed by atoms with Gasteiger partial charge in [0.1, 0.15) is 0 Å². The van der Waals surface area contributed by atoms with Crippen LogP contribution in [0.1, 0.15) is 29.8 Å². The molecule has 5 nitrogen and oxygen atoms in total. The lowest BCUT2D eigenvalue weighted by atomic mass is 10.1. The number of fused-ring (bicyclic) bond motifs is 1. The number of hydrogen-bond donors (Lipinski definition) is 3. The summed E-state index contributed by atoms with van der Waals surface area (Å²) in [5.41, 5.74) is 3.87. The topological polar surface area (TPSA) is 69.8 Å². The van der Waals surface area contributed by atoms with Crippen LogP contribution < -0.4 is 10.6 Å². The third-order valence-corrected chi connectivity index (χ3v) is 4.07. The minimum atomic E-state index is -0.0820. The van der Waals surface area contributed by atoms with E-state index >= 15 is 0 Å². The summed E-state index contributed by atoms with van der Waals surface area (Å²) in [5.74, 6) is 0.343. The normalized spacial score (nSPS) is 11.0. The molecular formula is C20H24N4O. The number of pyridine rings is 1. The molecule has 25 heavy (non-hydrogen) atoms. The summed E-state index contributed by atoms with van der Waals surface area (Å²) in [6.45, 7) is 5.58. The predicted molar refractivity (Wildman–Crippen MR) is 102 cm³/mol. The number of nitrogens with zero attached hydrogens (tertiary/aromatic N) is 1. The number of benzene rings is 1. The van der Waals surface area contributed by atoms with Gasteiger partial charge in [0.25, 0.3) is 5.91 Å². The molecule has 0 aliphatic rings. The van der Waals surface area contributed by atoms with Crippen LogP contribution in [0.4, 0.5) is 5.69 Å². The maximum Gasteiger partial charge on any atom is 0.252 e. The molecule has 0 fully saturated rings. The van der Waals surface area contributed by atoms with Crippen molar-refractivity contribution in [2.24, 2.45) is 5.92 Å². The first-order valence-corrected chi connectivity index (χ1v) is 8.65. The first kappa shape index (κ1) is 17.0. The van der Waals surface area contributed by atoms with Crippen molar-refractivity contribution in [1.82, 2.24) is 15.3 Å². The van der Waals surface area contributed by atoms with Crippen LogP contribution in [0.15, 0.2) is 48.9 Å². The Hall–Kier alpha value is -2.82. The third-order valence-electron chi connectivity index (χ3n) is 4.07. The highest BCUT2D eigenvalue weighted by molar-refractivity contribution is 5.94. The number of carbonyl (C=O) groups excluding carboxylic acids is 1. The second-order valence-electron chi connectivity index (χ2n) is 6.60. The van der Waals surface area contributed by atoms with Gasteiger partial charge < -0.3 is 15.6 Å². The molecule has 2 heterocycles. The summed E-state index contributed by atoms with van der Waals surface area (Å²) in [5, 5.41) is 7.52. The first-order valence-electron chi connectivity index (χ1n) is 8.65. The maximum atomic E-state index is 12.1. The van der Waals surface area contributed by atoms with E-state index in [4.69, 9.17) is 0 Å². The average Bonchev–Trinajstić information content (AvgIpc) is 3.03. The SMILES string of the molecule is CC(C)CNC(=O)c1cncc(NCCc2c[nH]c3ccccc23)c1. The van der Waals surface area contributed by atoms with Crippen LogP contribution in [-0.2, 0) is 6.42 Å². The molecule has 0 spiro atoms. The van der Waals surface area contributed by atoms with Crippen molar-refractivity contribution in [1.29, 1.82) is 0 Å². The van der Waals surface area contributed by atoms with E-state index in [0.717, 1.165) is 24.2 Å². The minimum Gasteiger partial charge on any atom is -0.383 e. The van der Waals surface area contributed by atoms with E-state index in [1.807, 2.05) is 12.1 Å². The van der Waals surface area contributed by atoms with Gasteiger partial charge in [-0.1, -0.05) is 32.0 Å². The van der Waals surface area contributed by atoms with Crippen molar-refractivity contribution in [3.8, 4) is 0 Å².